The van der Waals surface area contributed by atoms with E-state index in [0.29, 0.717) is 0 Å². The molecule has 92 valence electrons. The lowest BCUT2D eigenvalue weighted by molar-refractivity contribution is -0.0312. The molecule has 3 rings (SSSR count). The Morgan fingerprint density at radius 2 is 2.00 bits per heavy atom. The SMILES string of the molecule is c1cc(C2CNCCO2)ccc1CC1COC1. The van der Waals surface area contributed by atoms with E-state index in [0.717, 1.165) is 45.2 Å². The van der Waals surface area contributed by atoms with Crippen LogP contribution in [0.2, 0.25) is 0 Å². The van der Waals surface area contributed by atoms with Crippen molar-refractivity contribution in [2.45, 2.75) is 12.5 Å². The zero-order valence-electron chi connectivity index (χ0n) is 10.0. The van der Waals surface area contributed by atoms with Crippen molar-refractivity contribution in [3.8, 4) is 0 Å². The van der Waals surface area contributed by atoms with Gasteiger partial charge in [-0.25, -0.2) is 0 Å². The molecule has 1 unspecified atom stereocenters. The van der Waals surface area contributed by atoms with Gasteiger partial charge < -0.3 is 14.8 Å². The van der Waals surface area contributed by atoms with E-state index in [1.54, 1.807) is 0 Å². The van der Waals surface area contributed by atoms with E-state index in [-0.39, 0.29) is 6.10 Å². The highest BCUT2D eigenvalue weighted by Gasteiger charge is 2.19. The number of morpholine rings is 1. The maximum atomic E-state index is 5.73. The van der Waals surface area contributed by atoms with E-state index in [1.807, 2.05) is 0 Å². The van der Waals surface area contributed by atoms with Gasteiger partial charge in [0, 0.05) is 19.0 Å². The maximum absolute atomic E-state index is 5.73. The molecule has 1 atom stereocenters. The highest BCUT2D eigenvalue weighted by molar-refractivity contribution is 5.25. The van der Waals surface area contributed by atoms with Crippen LogP contribution in [0.5, 0.6) is 0 Å². The van der Waals surface area contributed by atoms with Crippen LogP contribution in [0.3, 0.4) is 0 Å². The van der Waals surface area contributed by atoms with Gasteiger partial charge >= 0.3 is 0 Å². The summed E-state index contributed by atoms with van der Waals surface area (Å²) in [4.78, 5) is 0. The minimum Gasteiger partial charge on any atom is -0.381 e. The molecule has 0 aromatic heterocycles. The molecule has 1 aromatic carbocycles. The van der Waals surface area contributed by atoms with E-state index < -0.39 is 0 Å². The first-order chi connectivity index (χ1) is 8.42. The van der Waals surface area contributed by atoms with E-state index in [9.17, 15) is 0 Å². The van der Waals surface area contributed by atoms with Crippen LogP contribution in [0, 0.1) is 5.92 Å². The maximum Gasteiger partial charge on any atom is 0.0949 e. The van der Waals surface area contributed by atoms with Crippen LogP contribution in [0.25, 0.3) is 0 Å². The topological polar surface area (TPSA) is 30.5 Å². The lowest BCUT2D eigenvalue weighted by Gasteiger charge is -2.26. The molecule has 3 nitrogen and oxygen atoms in total. The van der Waals surface area contributed by atoms with Gasteiger partial charge in [-0.3, -0.25) is 0 Å². The van der Waals surface area contributed by atoms with Crippen LogP contribution < -0.4 is 5.32 Å². The van der Waals surface area contributed by atoms with Crippen LogP contribution in [0.15, 0.2) is 24.3 Å². The molecule has 3 heteroatoms. The Hall–Kier alpha value is -0.900. The fraction of sp³-hybridized carbons (Fsp3) is 0.571. The summed E-state index contributed by atoms with van der Waals surface area (Å²) in [6.07, 6.45) is 1.37. The van der Waals surface area contributed by atoms with E-state index in [1.165, 1.54) is 11.1 Å². The summed E-state index contributed by atoms with van der Waals surface area (Å²) in [5.74, 6) is 0.730. The molecule has 0 amide bonds. The summed E-state index contributed by atoms with van der Waals surface area (Å²) in [6.45, 7) is 4.56. The van der Waals surface area contributed by atoms with Crippen LogP contribution in [0.4, 0.5) is 0 Å². The number of hydrogen-bond acceptors (Lipinski definition) is 3. The summed E-state index contributed by atoms with van der Waals surface area (Å²) < 4.78 is 10.9. The number of rotatable bonds is 3. The monoisotopic (exact) mass is 233 g/mol. The van der Waals surface area contributed by atoms with Crippen LogP contribution in [-0.4, -0.2) is 32.9 Å². The van der Waals surface area contributed by atoms with Gasteiger partial charge in [0.15, 0.2) is 0 Å². The average molecular weight is 233 g/mol. The Labute approximate surface area is 102 Å². The Balaban J connectivity index is 1.62. The Morgan fingerprint density at radius 3 is 2.59 bits per heavy atom. The highest BCUT2D eigenvalue weighted by Crippen LogP contribution is 2.21. The minimum absolute atomic E-state index is 0.227. The minimum atomic E-state index is 0.227. The molecule has 0 bridgehead atoms. The Kier molecular flexibility index (Phi) is 3.41. The van der Waals surface area contributed by atoms with Gasteiger partial charge in [-0.05, 0) is 17.5 Å². The normalized spacial score (nSPS) is 25.5. The molecule has 0 radical (unpaired) electrons. The number of ether oxygens (including phenoxy) is 2. The van der Waals surface area contributed by atoms with Gasteiger partial charge in [0.1, 0.15) is 0 Å². The molecular weight excluding hydrogens is 214 g/mol. The molecule has 17 heavy (non-hydrogen) atoms. The molecule has 0 spiro atoms. The van der Waals surface area contributed by atoms with E-state index in [4.69, 9.17) is 9.47 Å². The average Bonchev–Trinajstić information content (AvgIpc) is 2.36. The van der Waals surface area contributed by atoms with E-state index in [2.05, 4.69) is 29.6 Å². The fourth-order valence-corrected chi connectivity index (χ4v) is 2.38. The molecule has 2 aliphatic rings. The quantitative estimate of drug-likeness (QED) is 0.859. The third kappa shape index (κ3) is 2.68. The molecule has 2 saturated heterocycles. The predicted octanol–water partition coefficient (Wildman–Crippen LogP) is 1.54. The first kappa shape index (κ1) is 11.2. The molecule has 1 N–H and O–H groups in total. The van der Waals surface area contributed by atoms with Crippen molar-refractivity contribution in [1.29, 1.82) is 0 Å². The standard InChI is InChI=1S/C14H19NO2/c1-3-13(14-8-15-5-6-17-14)4-2-11(1)7-12-9-16-10-12/h1-4,12,14-15H,5-10H2. The summed E-state index contributed by atoms with van der Waals surface area (Å²) in [5, 5.41) is 3.36. The van der Waals surface area contributed by atoms with Crippen LogP contribution >= 0.6 is 0 Å². The zero-order chi connectivity index (χ0) is 11.5. The molecular formula is C14H19NO2. The van der Waals surface area contributed by atoms with Gasteiger partial charge in [0.2, 0.25) is 0 Å². The lowest BCUT2D eigenvalue weighted by Crippen LogP contribution is -2.33. The van der Waals surface area contributed by atoms with Crippen molar-refractivity contribution >= 4 is 0 Å². The third-order valence-electron chi connectivity index (χ3n) is 3.51. The first-order valence-electron chi connectivity index (χ1n) is 6.41. The smallest absolute Gasteiger partial charge is 0.0949 e. The summed E-state index contributed by atoms with van der Waals surface area (Å²) in [5.41, 5.74) is 2.69. The lowest BCUT2D eigenvalue weighted by atomic mass is 9.96. The zero-order valence-corrected chi connectivity index (χ0v) is 10.0. The van der Waals surface area contributed by atoms with Gasteiger partial charge in [0.05, 0.1) is 25.9 Å². The van der Waals surface area contributed by atoms with Crippen molar-refractivity contribution in [2.24, 2.45) is 5.92 Å². The summed E-state index contributed by atoms with van der Waals surface area (Å²) in [7, 11) is 0. The Bertz CT molecular complexity index is 353. The Morgan fingerprint density at radius 1 is 1.18 bits per heavy atom. The number of benzene rings is 1. The predicted molar refractivity (Wildman–Crippen MR) is 66.0 cm³/mol. The van der Waals surface area contributed by atoms with Crippen molar-refractivity contribution in [3.63, 3.8) is 0 Å². The summed E-state index contributed by atoms with van der Waals surface area (Å²) in [6, 6.07) is 8.86. The van der Waals surface area contributed by atoms with Crippen LogP contribution in [-0.2, 0) is 15.9 Å². The molecule has 0 aliphatic carbocycles. The van der Waals surface area contributed by atoms with Gasteiger partial charge in [-0.1, -0.05) is 24.3 Å². The van der Waals surface area contributed by atoms with Crippen molar-refractivity contribution < 1.29 is 9.47 Å². The number of hydrogen-bond donors (Lipinski definition) is 1. The summed E-state index contributed by atoms with van der Waals surface area (Å²) >= 11 is 0. The molecule has 2 heterocycles. The number of nitrogens with one attached hydrogen (secondary N) is 1. The molecule has 2 fully saturated rings. The highest BCUT2D eigenvalue weighted by atomic mass is 16.5. The van der Waals surface area contributed by atoms with Crippen molar-refractivity contribution in [3.05, 3.63) is 35.4 Å². The van der Waals surface area contributed by atoms with Gasteiger partial charge in [-0.2, -0.15) is 0 Å². The second kappa shape index (κ2) is 5.17. The fourth-order valence-electron chi connectivity index (χ4n) is 2.38. The first-order valence-corrected chi connectivity index (χ1v) is 6.41. The molecule has 2 aliphatic heterocycles. The second-order valence-electron chi connectivity index (χ2n) is 4.91. The van der Waals surface area contributed by atoms with Crippen molar-refractivity contribution in [2.75, 3.05) is 32.9 Å². The van der Waals surface area contributed by atoms with Gasteiger partial charge in [0.25, 0.3) is 0 Å². The van der Waals surface area contributed by atoms with Gasteiger partial charge in [-0.15, -0.1) is 0 Å². The largest absolute Gasteiger partial charge is 0.381 e. The third-order valence-corrected chi connectivity index (χ3v) is 3.51. The van der Waals surface area contributed by atoms with E-state index >= 15 is 0 Å². The van der Waals surface area contributed by atoms with Crippen LogP contribution in [0.1, 0.15) is 17.2 Å². The second-order valence-corrected chi connectivity index (χ2v) is 4.91. The molecule has 1 aromatic rings. The van der Waals surface area contributed by atoms with Crippen molar-refractivity contribution in [1.82, 2.24) is 5.32 Å². The molecule has 0 saturated carbocycles.